The van der Waals surface area contributed by atoms with E-state index in [4.69, 9.17) is 14.2 Å². The maximum absolute atomic E-state index is 14.3. The Morgan fingerprint density at radius 3 is 2.62 bits per heavy atom. The zero-order chi connectivity index (χ0) is 28.5. The lowest BCUT2D eigenvalue weighted by Crippen LogP contribution is -2.57. The number of morpholine rings is 1. The number of aliphatic hydroxyl groups excluding tert-OH is 1. The van der Waals surface area contributed by atoms with Crippen LogP contribution in [-0.2, 0) is 28.6 Å². The number of hydrogen-bond acceptors (Lipinski definition) is 8. The highest BCUT2D eigenvalue weighted by atomic mass is 16.6. The third-order valence-corrected chi connectivity index (χ3v) is 8.86. The van der Waals surface area contributed by atoms with Crippen molar-refractivity contribution in [3.05, 3.63) is 25.3 Å². The molecule has 2 amide bonds. The van der Waals surface area contributed by atoms with E-state index in [2.05, 4.69) is 18.1 Å². The SMILES string of the molecule is C=CCCCCOC(=O)[C@@H]1[C@@H]2CCC3(O2)C(C(=O)N(CC=C)CCN2CCOCC2)N(CCCCCO)C(=O)[C@H]13. The van der Waals surface area contributed by atoms with Crippen molar-refractivity contribution in [3.63, 3.8) is 0 Å². The van der Waals surface area contributed by atoms with Gasteiger partial charge in [0.1, 0.15) is 11.6 Å². The van der Waals surface area contributed by atoms with Gasteiger partial charge in [-0.3, -0.25) is 19.3 Å². The van der Waals surface area contributed by atoms with E-state index in [-0.39, 0.29) is 18.4 Å². The van der Waals surface area contributed by atoms with E-state index in [1.807, 2.05) is 6.08 Å². The average Bonchev–Trinajstić information content (AvgIpc) is 3.61. The zero-order valence-electron chi connectivity index (χ0n) is 23.8. The van der Waals surface area contributed by atoms with Crippen LogP contribution in [0.4, 0.5) is 0 Å². The molecule has 4 heterocycles. The molecule has 0 aliphatic carbocycles. The molecule has 0 aromatic rings. The molecule has 0 saturated carbocycles. The normalized spacial score (nSPS) is 29.4. The smallest absolute Gasteiger partial charge is 0.312 e. The minimum absolute atomic E-state index is 0.0863. The van der Waals surface area contributed by atoms with E-state index in [1.165, 1.54) is 0 Å². The first-order valence-corrected chi connectivity index (χ1v) is 15.0. The van der Waals surface area contributed by atoms with Crippen LogP contribution in [0.5, 0.6) is 0 Å². The lowest BCUT2D eigenvalue weighted by molar-refractivity contribution is -0.155. The van der Waals surface area contributed by atoms with Gasteiger partial charge in [0.25, 0.3) is 0 Å². The summed E-state index contributed by atoms with van der Waals surface area (Å²) in [7, 11) is 0. The van der Waals surface area contributed by atoms with Crippen LogP contribution < -0.4 is 0 Å². The second-order valence-electron chi connectivity index (χ2n) is 11.4. The minimum Gasteiger partial charge on any atom is -0.465 e. The van der Waals surface area contributed by atoms with Crippen LogP contribution in [0.3, 0.4) is 0 Å². The number of amides is 2. The van der Waals surface area contributed by atoms with Gasteiger partial charge in [0.2, 0.25) is 11.8 Å². The van der Waals surface area contributed by atoms with Gasteiger partial charge >= 0.3 is 5.97 Å². The minimum atomic E-state index is -1.03. The summed E-state index contributed by atoms with van der Waals surface area (Å²) in [6, 6.07) is -0.792. The zero-order valence-corrected chi connectivity index (χ0v) is 23.8. The fraction of sp³-hybridized carbons (Fsp3) is 0.767. The number of ether oxygens (including phenoxy) is 3. The van der Waals surface area contributed by atoms with Crippen LogP contribution >= 0.6 is 0 Å². The molecule has 1 N–H and O–H groups in total. The Morgan fingerprint density at radius 2 is 1.90 bits per heavy atom. The molecule has 0 radical (unpaired) electrons. The molecule has 2 bridgehead atoms. The van der Waals surface area contributed by atoms with Crippen molar-refractivity contribution in [2.45, 2.75) is 69.1 Å². The lowest BCUT2D eigenvalue weighted by atomic mass is 9.70. The highest BCUT2D eigenvalue weighted by molar-refractivity contribution is 5.98. The van der Waals surface area contributed by atoms with Crippen LogP contribution in [0.2, 0.25) is 0 Å². The van der Waals surface area contributed by atoms with E-state index in [9.17, 15) is 19.5 Å². The maximum atomic E-state index is 14.3. The summed E-state index contributed by atoms with van der Waals surface area (Å²) in [5.41, 5.74) is -1.03. The first-order chi connectivity index (χ1) is 19.5. The molecule has 0 aromatic heterocycles. The van der Waals surface area contributed by atoms with Gasteiger partial charge in [-0.2, -0.15) is 0 Å². The third kappa shape index (κ3) is 6.45. The molecule has 4 aliphatic rings. The van der Waals surface area contributed by atoms with Gasteiger partial charge in [0, 0.05) is 45.9 Å². The number of rotatable bonds is 17. The number of likely N-dealkylation sites (tertiary alicyclic amines) is 1. The standard InChI is InChI=1S/C30H47N3O7/c1-3-5-6-10-20-39-29(37)24-23-11-12-30(40-23)25(24)27(35)33(14-8-7-9-19-34)26(30)28(36)32(13-4-2)16-15-31-17-21-38-22-18-31/h3-4,23-26,34H,1-2,5-22H2/t23-,24+,25-,26?,30?/m0/s1. The van der Waals surface area contributed by atoms with E-state index in [0.717, 1.165) is 38.8 Å². The highest BCUT2D eigenvalue weighted by Gasteiger charge is 2.75. The molecule has 4 saturated heterocycles. The molecule has 40 heavy (non-hydrogen) atoms. The van der Waals surface area contributed by atoms with Crippen molar-refractivity contribution < 1.29 is 33.7 Å². The van der Waals surface area contributed by atoms with Gasteiger partial charge in [-0.1, -0.05) is 12.2 Å². The van der Waals surface area contributed by atoms with Gasteiger partial charge < -0.3 is 29.1 Å². The number of unbranched alkanes of at least 4 members (excludes halogenated alkanes) is 4. The first-order valence-electron chi connectivity index (χ1n) is 15.0. The van der Waals surface area contributed by atoms with E-state index < -0.39 is 35.6 Å². The van der Waals surface area contributed by atoms with Crippen LogP contribution in [0, 0.1) is 11.8 Å². The number of fused-ring (bicyclic) bond motifs is 1. The Morgan fingerprint density at radius 1 is 1.10 bits per heavy atom. The quantitative estimate of drug-likeness (QED) is 0.163. The molecular formula is C30H47N3O7. The van der Waals surface area contributed by atoms with Gasteiger partial charge in [-0.05, 0) is 51.4 Å². The average molecular weight is 562 g/mol. The van der Waals surface area contributed by atoms with Crippen molar-refractivity contribution >= 4 is 17.8 Å². The monoisotopic (exact) mass is 561 g/mol. The van der Waals surface area contributed by atoms with E-state index in [1.54, 1.807) is 15.9 Å². The number of carbonyl (C=O) groups excluding carboxylic acids is 3. The van der Waals surface area contributed by atoms with E-state index >= 15 is 0 Å². The Kier molecular flexibility index (Phi) is 11.2. The van der Waals surface area contributed by atoms with Gasteiger partial charge in [0.05, 0.1) is 37.8 Å². The fourth-order valence-corrected chi connectivity index (χ4v) is 6.88. The van der Waals surface area contributed by atoms with Crippen molar-refractivity contribution in [2.75, 3.05) is 65.7 Å². The summed E-state index contributed by atoms with van der Waals surface area (Å²) in [6.45, 7) is 13.0. The predicted molar refractivity (Wildman–Crippen MR) is 149 cm³/mol. The Labute approximate surface area is 238 Å². The Balaban J connectivity index is 1.54. The van der Waals surface area contributed by atoms with E-state index in [0.29, 0.717) is 71.7 Å². The fourth-order valence-electron chi connectivity index (χ4n) is 6.88. The number of allylic oxidation sites excluding steroid dienone is 1. The summed E-state index contributed by atoms with van der Waals surface area (Å²) in [4.78, 5) is 47.4. The molecule has 224 valence electrons. The predicted octanol–water partition coefficient (Wildman–Crippen LogP) is 1.77. The third-order valence-electron chi connectivity index (χ3n) is 8.86. The van der Waals surface area contributed by atoms with Crippen molar-refractivity contribution in [3.8, 4) is 0 Å². The summed E-state index contributed by atoms with van der Waals surface area (Å²) in [5.74, 6) is -2.15. The largest absolute Gasteiger partial charge is 0.465 e. The highest BCUT2D eigenvalue weighted by Crippen LogP contribution is 2.58. The number of nitrogens with zero attached hydrogens (tertiary/aromatic N) is 3. The molecule has 10 nitrogen and oxygen atoms in total. The van der Waals surface area contributed by atoms with Crippen LogP contribution in [0.15, 0.2) is 25.3 Å². The van der Waals surface area contributed by atoms with Gasteiger partial charge in [-0.25, -0.2) is 0 Å². The molecule has 4 rings (SSSR count). The topological polar surface area (TPSA) is 109 Å². The number of aliphatic hydroxyl groups is 1. The Hall–Kier alpha value is -2.27. The second-order valence-corrected chi connectivity index (χ2v) is 11.4. The first kappa shape index (κ1) is 30.7. The van der Waals surface area contributed by atoms with Crippen molar-refractivity contribution in [2.24, 2.45) is 11.8 Å². The molecule has 0 aromatic carbocycles. The van der Waals surface area contributed by atoms with Crippen LogP contribution in [0.25, 0.3) is 0 Å². The molecule has 10 heteroatoms. The van der Waals surface area contributed by atoms with Crippen LogP contribution in [0.1, 0.15) is 51.4 Å². The molecule has 2 unspecified atom stereocenters. The summed E-state index contributed by atoms with van der Waals surface area (Å²) < 4.78 is 17.6. The molecule has 5 atom stereocenters. The van der Waals surface area contributed by atoms with Gasteiger partial charge in [-0.15, -0.1) is 13.2 Å². The van der Waals surface area contributed by atoms with Gasteiger partial charge in [0.15, 0.2) is 0 Å². The molecule has 4 aliphatic heterocycles. The van der Waals surface area contributed by atoms with Crippen molar-refractivity contribution in [1.82, 2.24) is 14.7 Å². The summed E-state index contributed by atoms with van der Waals surface area (Å²) in [5, 5.41) is 9.24. The van der Waals surface area contributed by atoms with Crippen molar-refractivity contribution in [1.29, 1.82) is 0 Å². The lowest BCUT2D eigenvalue weighted by Gasteiger charge is -2.37. The number of esters is 1. The maximum Gasteiger partial charge on any atom is 0.312 e. The second kappa shape index (κ2) is 14.6. The number of hydrogen-bond donors (Lipinski definition) is 1. The molecule has 1 spiro atoms. The van der Waals surface area contributed by atoms with Crippen LogP contribution in [-0.4, -0.2) is 121 Å². The Bertz CT molecular complexity index is 908. The summed E-state index contributed by atoms with van der Waals surface area (Å²) in [6.07, 6.45) is 8.85. The molecule has 4 fully saturated rings. The molecular weight excluding hydrogens is 514 g/mol. The number of carbonyl (C=O) groups is 3. The summed E-state index contributed by atoms with van der Waals surface area (Å²) >= 11 is 0.